The minimum absolute atomic E-state index is 0.0879. The normalized spacial score (nSPS) is 17.7. The lowest BCUT2D eigenvalue weighted by molar-refractivity contribution is 0.412. The largest absolute Gasteiger partial charge is 0.207 e. The molecule has 0 radical (unpaired) electrons. The fourth-order valence-corrected chi connectivity index (χ4v) is 2.72. The molecule has 94 valence electrons. The van der Waals surface area contributed by atoms with Crippen LogP contribution in [0.3, 0.4) is 0 Å². The molecule has 2 heteroatoms. The number of hydrogen-bond donors (Lipinski definition) is 0. The van der Waals surface area contributed by atoms with Gasteiger partial charge in [-0.2, -0.15) is 0 Å². The van der Waals surface area contributed by atoms with Crippen LogP contribution in [0.1, 0.15) is 68.9 Å². The predicted molar refractivity (Wildman–Crippen MR) is 66.3 cm³/mol. The Morgan fingerprint density at radius 2 is 1.53 bits per heavy atom. The van der Waals surface area contributed by atoms with Gasteiger partial charge in [0, 0.05) is 5.56 Å². The van der Waals surface area contributed by atoms with Crippen LogP contribution in [0, 0.1) is 11.6 Å². The number of hydrogen-bond acceptors (Lipinski definition) is 0. The molecule has 0 aliphatic heterocycles. The first-order chi connectivity index (χ1) is 8.09. The van der Waals surface area contributed by atoms with Crippen molar-refractivity contribution in [3.8, 4) is 0 Å². The Labute approximate surface area is 102 Å². The van der Waals surface area contributed by atoms with Crippen molar-refractivity contribution in [2.24, 2.45) is 0 Å². The lowest BCUT2D eigenvalue weighted by atomic mass is 9.83. The SMILES string of the molecule is CC(C)c1cc(F)c(C2CCCCC2)c(F)c1. The standard InChI is InChI=1S/C15H20F2/c1-10(2)12-8-13(16)15(14(17)9-12)11-6-4-3-5-7-11/h8-11H,3-7H2,1-2H3. The third kappa shape index (κ3) is 2.67. The molecule has 0 unspecified atom stereocenters. The Balaban J connectivity index is 2.33. The predicted octanol–water partition coefficient (Wildman–Crippen LogP) is 5.14. The zero-order valence-electron chi connectivity index (χ0n) is 10.6. The van der Waals surface area contributed by atoms with Crippen molar-refractivity contribution in [2.75, 3.05) is 0 Å². The molecule has 1 aliphatic rings. The van der Waals surface area contributed by atoms with E-state index in [0.717, 1.165) is 31.2 Å². The van der Waals surface area contributed by atoms with Gasteiger partial charge in [0.1, 0.15) is 11.6 Å². The first-order valence-electron chi connectivity index (χ1n) is 6.58. The fourth-order valence-electron chi connectivity index (χ4n) is 2.72. The van der Waals surface area contributed by atoms with Crippen LogP contribution in [0.25, 0.3) is 0 Å². The molecule has 0 bridgehead atoms. The van der Waals surface area contributed by atoms with Crippen molar-refractivity contribution in [3.63, 3.8) is 0 Å². The summed E-state index contributed by atoms with van der Waals surface area (Å²) in [4.78, 5) is 0. The molecule has 1 aliphatic carbocycles. The van der Waals surface area contributed by atoms with Gasteiger partial charge >= 0.3 is 0 Å². The average Bonchev–Trinajstić information content (AvgIpc) is 2.29. The van der Waals surface area contributed by atoms with Crippen molar-refractivity contribution in [1.29, 1.82) is 0 Å². The Morgan fingerprint density at radius 1 is 1.00 bits per heavy atom. The number of rotatable bonds is 2. The van der Waals surface area contributed by atoms with Crippen molar-refractivity contribution in [3.05, 3.63) is 34.9 Å². The number of benzene rings is 1. The van der Waals surface area contributed by atoms with E-state index in [-0.39, 0.29) is 23.5 Å². The van der Waals surface area contributed by atoms with Gasteiger partial charge in [0.25, 0.3) is 0 Å². The lowest BCUT2D eigenvalue weighted by Crippen LogP contribution is -2.10. The van der Waals surface area contributed by atoms with Crippen molar-refractivity contribution in [1.82, 2.24) is 0 Å². The first kappa shape index (κ1) is 12.5. The maximum atomic E-state index is 14.0. The molecule has 1 saturated carbocycles. The summed E-state index contributed by atoms with van der Waals surface area (Å²) >= 11 is 0. The van der Waals surface area contributed by atoms with E-state index in [1.165, 1.54) is 18.6 Å². The molecule has 0 saturated heterocycles. The van der Waals surface area contributed by atoms with Gasteiger partial charge in [0.2, 0.25) is 0 Å². The summed E-state index contributed by atoms with van der Waals surface area (Å²) in [5.41, 5.74) is 1.08. The number of halogens is 2. The molecule has 0 heterocycles. The van der Waals surface area contributed by atoms with E-state index in [1.807, 2.05) is 13.8 Å². The lowest BCUT2D eigenvalue weighted by Gasteiger charge is -2.23. The molecule has 1 fully saturated rings. The van der Waals surface area contributed by atoms with Crippen LogP contribution >= 0.6 is 0 Å². The maximum absolute atomic E-state index is 14.0. The summed E-state index contributed by atoms with van der Waals surface area (Å²) in [5.74, 6) is -0.439. The second-order valence-corrected chi connectivity index (χ2v) is 5.39. The van der Waals surface area contributed by atoms with Gasteiger partial charge in [-0.1, -0.05) is 33.1 Å². The van der Waals surface area contributed by atoms with Crippen molar-refractivity contribution < 1.29 is 8.78 Å². The van der Waals surface area contributed by atoms with E-state index in [9.17, 15) is 8.78 Å². The molecule has 17 heavy (non-hydrogen) atoms. The van der Waals surface area contributed by atoms with Crippen LogP contribution < -0.4 is 0 Å². The second kappa shape index (κ2) is 5.16. The van der Waals surface area contributed by atoms with Crippen LogP contribution in [0.4, 0.5) is 8.78 Å². The topological polar surface area (TPSA) is 0 Å². The van der Waals surface area contributed by atoms with Crippen LogP contribution in [0.2, 0.25) is 0 Å². The Morgan fingerprint density at radius 3 is 2.00 bits per heavy atom. The fraction of sp³-hybridized carbons (Fsp3) is 0.600. The van der Waals surface area contributed by atoms with E-state index in [4.69, 9.17) is 0 Å². The highest BCUT2D eigenvalue weighted by Gasteiger charge is 2.23. The van der Waals surface area contributed by atoms with Crippen LogP contribution in [0.15, 0.2) is 12.1 Å². The van der Waals surface area contributed by atoms with Gasteiger partial charge in [0.05, 0.1) is 0 Å². The molecular weight excluding hydrogens is 218 g/mol. The molecule has 0 spiro atoms. The van der Waals surface area contributed by atoms with E-state index < -0.39 is 0 Å². The monoisotopic (exact) mass is 238 g/mol. The molecule has 0 nitrogen and oxygen atoms in total. The second-order valence-electron chi connectivity index (χ2n) is 5.39. The smallest absolute Gasteiger partial charge is 0.129 e. The van der Waals surface area contributed by atoms with Gasteiger partial charge < -0.3 is 0 Å². The Hall–Kier alpha value is -0.920. The first-order valence-corrected chi connectivity index (χ1v) is 6.58. The minimum Gasteiger partial charge on any atom is -0.207 e. The van der Waals surface area contributed by atoms with Crippen LogP contribution in [-0.4, -0.2) is 0 Å². The van der Waals surface area contributed by atoms with Crippen LogP contribution in [-0.2, 0) is 0 Å². The minimum atomic E-state index is -0.347. The summed E-state index contributed by atoms with van der Waals surface area (Å²) < 4.78 is 28.0. The van der Waals surface area contributed by atoms with E-state index in [1.54, 1.807) is 0 Å². The highest BCUT2D eigenvalue weighted by Crippen LogP contribution is 2.36. The maximum Gasteiger partial charge on any atom is 0.129 e. The van der Waals surface area contributed by atoms with Gasteiger partial charge in [-0.25, -0.2) is 8.78 Å². The highest BCUT2D eigenvalue weighted by atomic mass is 19.1. The molecule has 1 aromatic carbocycles. The zero-order valence-corrected chi connectivity index (χ0v) is 10.6. The zero-order chi connectivity index (χ0) is 12.4. The molecule has 0 N–H and O–H groups in total. The molecular formula is C15H20F2. The summed E-state index contributed by atoms with van der Waals surface area (Å²) in [7, 11) is 0. The molecule has 1 aromatic rings. The average molecular weight is 238 g/mol. The summed E-state index contributed by atoms with van der Waals surface area (Å²) in [6, 6.07) is 3.02. The molecule has 0 aromatic heterocycles. The van der Waals surface area contributed by atoms with Gasteiger partial charge in [-0.3, -0.25) is 0 Å². The van der Waals surface area contributed by atoms with E-state index in [0.29, 0.717) is 5.56 Å². The summed E-state index contributed by atoms with van der Waals surface area (Å²) in [6.07, 6.45) is 5.23. The highest BCUT2D eigenvalue weighted by molar-refractivity contribution is 5.30. The van der Waals surface area contributed by atoms with Gasteiger partial charge in [-0.05, 0) is 42.4 Å². The van der Waals surface area contributed by atoms with E-state index >= 15 is 0 Å². The molecule has 0 atom stereocenters. The van der Waals surface area contributed by atoms with Gasteiger partial charge in [0.15, 0.2) is 0 Å². The summed E-state index contributed by atoms with van der Waals surface area (Å²) in [6.45, 7) is 3.91. The third-order valence-corrected chi connectivity index (χ3v) is 3.78. The van der Waals surface area contributed by atoms with Crippen molar-refractivity contribution in [2.45, 2.75) is 57.8 Å². The molecule has 2 rings (SSSR count). The van der Waals surface area contributed by atoms with Crippen LogP contribution in [0.5, 0.6) is 0 Å². The Bertz CT molecular complexity index is 367. The van der Waals surface area contributed by atoms with Gasteiger partial charge in [-0.15, -0.1) is 0 Å². The quantitative estimate of drug-likeness (QED) is 0.669. The summed E-state index contributed by atoms with van der Waals surface area (Å²) in [5, 5.41) is 0. The molecule has 0 amide bonds. The Kier molecular flexibility index (Phi) is 3.80. The third-order valence-electron chi connectivity index (χ3n) is 3.78. The van der Waals surface area contributed by atoms with Crippen molar-refractivity contribution >= 4 is 0 Å². The van der Waals surface area contributed by atoms with E-state index in [2.05, 4.69) is 0 Å².